The molecule has 0 radical (unpaired) electrons. The molecular weight excluding hydrogens is 397 g/mol. The van der Waals surface area contributed by atoms with Crippen molar-refractivity contribution >= 4 is 29.6 Å². The molecule has 1 aliphatic heterocycles. The van der Waals surface area contributed by atoms with E-state index < -0.39 is 23.7 Å². The number of carbonyl (C=O) groups is 3. The van der Waals surface area contributed by atoms with Gasteiger partial charge in [0.25, 0.3) is 11.8 Å². The van der Waals surface area contributed by atoms with Gasteiger partial charge in [0.2, 0.25) is 0 Å². The van der Waals surface area contributed by atoms with E-state index in [1.54, 1.807) is 0 Å². The molecule has 6 nitrogen and oxygen atoms in total. The van der Waals surface area contributed by atoms with Crippen molar-refractivity contribution in [2.75, 3.05) is 4.90 Å². The highest BCUT2D eigenvalue weighted by atomic mass is 19.1. The predicted octanol–water partition coefficient (Wildman–Crippen LogP) is 3.96. The normalized spacial score (nSPS) is 15.5. The second-order valence-electron chi connectivity index (χ2n) is 7.33. The van der Waals surface area contributed by atoms with Crippen LogP contribution >= 0.6 is 0 Å². The number of hydrogen-bond donors (Lipinski definition) is 1. The van der Waals surface area contributed by atoms with Crippen LogP contribution in [-0.2, 0) is 16.1 Å². The maximum absolute atomic E-state index is 13.2. The van der Waals surface area contributed by atoms with E-state index in [9.17, 15) is 18.8 Å². The van der Waals surface area contributed by atoms with Crippen molar-refractivity contribution in [1.82, 2.24) is 9.88 Å². The number of benzene rings is 2. The quantitative estimate of drug-likeness (QED) is 0.516. The van der Waals surface area contributed by atoms with E-state index in [0.29, 0.717) is 12.1 Å². The topological polar surface area (TPSA) is 71.4 Å². The van der Waals surface area contributed by atoms with Gasteiger partial charge in [-0.1, -0.05) is 30.3 Å². The van der Waals surface area contributed by atoms with E-state index in [4.69, 9.17) is 0 Å². The lowest BCUT2D eigenvalue weighted by atomic mass is 10.1. The Balaban J connectivity index is 1.69. The van der Waals surface area contributed by atoms with Crippen molar-refractivity contribution in [3.8, 4) is 0 Å². The van der Waals surface area contributed by atoms with Gasteiger partial charge >= 0.3 is 6.03 Å². The van der Waals surface area contributed by atoms with Gasteiger partial charge in [0.15, 0.2) is 0 Å². The molecule has 31 heavy (non-hydrogen) atoms. The van der Waals surface area contributed by atoms with Crippen LogP contribution in [0.3, 0.4) is 0 Å². The van der Waals surface area contributed by atoms with Crippen LogP contribution in [0.25, 0.3) is 6.08 Å². The summed E-state index contributed by atoms with van der Waals surface area (Å²) < 4.78 is 15.3. The van der Waals surface area contributed by atoms with Gasteiger partial charge in [-0.3, -0.25) is 14.9 Å². The number of urea groups is 1. The summed E-state index contributed by atoms with van der Waals surface area (Å²) in [5, 5.41) is 2.18. The van der Waals surface area contributed by atoms with Crippen LogP contribution in [0.15, 0.2) is 66.2 Å². The molecular formula is C24H20FN3O3. The smallest absolute Gasteiger partial charge is 0.335 e. The van der Waals surface area contributed by atoms with Gasteiger partial charge in [-0.2, -0.15) is 0 Å². The molecule has 1 saturated heterocycles. The van der Waals surface area contributed by atoms with E-state index in [0.717, 1.165) is 34.0 Å². The van der Waals surface area contributed by atoms with Crippen molar-refractivity contribution in [3.05, 3.63) is 94.6 Å². The fourth-order valence-corrected chi connectivity index (χ4v) is 3.62. The van der Waals surface area contributed by atoms with Gasteiger partial charge < -0.3 is 4.57 Å². The van der Waals surface area contributed by atoms with Crippen molar-refractivity contribution < 1.29 is 18.8 Å². The summed E-state index contributed by atoms with van der Waals surface area (Å²) in [4.78, 5) is 38.5. The molecule has 7 heteroatoms. The van der Waals surface area contributed by atoms with E-state index in [2.05, 4.69) is 9.88 Å². The minimum absolute atomic E-state index is 0.163. The van der Waals surface area contributed by atoms with Crippen LogP contribution in [0.4, 0.5) is 14.9 Å². The molecule has 0 unspecified atom stereocenters. The SMILES string of the molecule is Cc1cc(/C=C2\C(=O)NC(=O)N(c3ccc(F)cc3)C2=O)c(C)n1Cc1ccccc1. The third kappa shape index (κ3) is 3.90. The van der Waals surface area contributed by atoms with Crippen molar-refractivity contribution in [2.45, 2.75) is 20.4 Å². The molecule has 1 N–H and O–H groups in total. The minimum atomic E-state index is -0.867. The summed E-state index contributed by atoms with van der Waals surface area (Å²) in [7, 11) is 0. The standard InChI is InChI=1S/C24H20FN3O3/c1-15-12-18(16(2)27(15)14-17-6-4-3-5-7-17)13-21-22(29)26-24(31)28(23(21)30)20-10-8-19(25)9-11-20/h3-13H,14H2,1-2H3,(H,26,29,31)/b21-13+. The Labute approximate surface area is 178 Å². The summed E-state index contributed by atoms with van der Waals surface area (Å²) in [5.74, 6) is -2.01. The number of hydrogen-bond acceptors (Lipinski definition) is 3. The minimum Gasteiger partial charge on any atom is -0.344 e. The van der Waals surface area contributed by atoms with E-state index in [-0.39, 0.29) is 11.3 Å². The van der Waals surface area contributed by atoms with Crippen LogP contribution < -0.4 is 10.2 Å². The molecule has 156 valence electrons. The van der Waals surface area contributed by atoms with Gasteiger partial charge in [0, 0.05) is 17.9 Å². The molecule has 1 aliphatic rings. The van der Waals surface area contributed by atoms with Crippen LogP contribution in [0.5, 0.6) is 0 Å². The number of rotatable bonds is 4. The maximum Gasteiger partial charge on any atom is 0.335 e. The number of carbonyl (C=O) groups excluding carboxylic acids is 3. The lowest BCUT2D eigenvalue weighted by molar-refractivity contribution is -0.122. The zero-order valence-corrected chi connectivity index (χ0v) is 17.1. The average Bonchev–Trinajstić information content (AvgIpc) is 3.00. The number of anilines is 1. The molecule has 2 aromatic carbocycles. The Morgan fingerprint density at radius 3 is 2.32 bits per heavy atom. The second kappa shape index (κ2) is 8.02. The summed E-state index contributed by atoms with van der Waals surface area (Å²) in [6.07, 6.45) is 1.49. The van der Waals surface area contributed by atoms with Gasteiger partial charge in [0.1, 0.15) is 11.4 Å². The van der Waals surface area contributed by atoms with E-state index in [1.807, 2.05) is 50.2 Å². The first kappa shape index (κ1) is 20.3. The molecule has 4 amide bonds. The molecule has 4 rings (SSSR count). The predicted molar refractivity (Wildman–Crippen MR) is 115 cm³/mol. The largest absolute Gasteiger partial charge is 0.344 e. The number of amides is 4. The molecule has 0 spiro atoms. The molecule has 0 saturated carbocycles. The number of barbiturate groups is 1. The molecule has 1 aromatic heterocycles. The highest BCUT2D eigenvalue weighted by Gasteiger charge is 2.37. The van der Waals surface area contributed by atoms with Crippen LogP contribution in [0, 0.1) is 19.7 Å². The first-order chi connectivity index (χ1) is 14.8. The van der Waals surface area contributed by atoms with Crippen LogP contribution in [0.1, 0.15) is 22.5 Å². The van der Waals surface area contributed by atoms with Crippen molar-refractivity contribution in [1.29, 1.82) is 0 Å². The van der Waals surface area contributed by atoms with E-state index in [1.165, 1.54) is 18.2 Å². The highest BCUT2D eigenvalue weighted by molar-refractivity contribution is 6.39. The van der Waals surface area contributed by atoms with Gasteiger partial charge in [-0.05, 0) is 61.4 Å². The number of nitrogens with one attached hydrogen (secondary N) is 1. The zero-order chi connectivity index (χ0) is 22.1. The molecule has 1 fully saturated rings. The average molecular weight is 417 g/mol. The molecule has 0 bridgehead atoms. The number of halogens is 1. The van der Waals surface area contributed by atoms with Crippen molar-refractivity contribution in [2.24, 2.45) is 0 Å². The summed E-state index contributed by atoms with van der Waals surface area (Å²) in [6.45, 7) is 4.52. The maximum atomic E-state index is 13.2. The van der Waals surface area contributed by atoms with Crippen LogP contribution in [0.2, 0.25) is 0 Å². The number of aryl methyl sites for hydroxylation is 1. The lowest BCUT2D eigenvalue weighted by Gasteiger charge is -2.26. The monoisotopic (exact) mass is 417 g/mol. The Morgan fingerprint density at radius 2 is 1.65 bits per heavy atom. The number of aromatic nitrogens is 1. The molecule has 2 heterocycles. The molecule has 0 aliphatic carbocycles. The second-order valence-corrected chi connectivity index (χ2v) is 7.33. The summed E-state index contributed by atoms with van der Waals surface area (Å²) >= 11 is 0. The fourth-order valence-electron chi connectivity index (χ4n) is 3.62. The molecule has 0 atom stereocenters. The zero-order valence-electron chi connectivity index (χ0n) is 17.1. The lowest BCUT2D eigenvalue weighted by Crippen LogP contribution is -2.54. The Hall–Kier alpha value is -4.00. The van der Waals surface area contributed by atoms with Crippen LogP contribution in [-0.4, -0.2) is 22.4 Å². The van der Waals surface area contributed by atoms with Gasteiger partial charge in [-0.25, -0.2) is 14.1 Å². The van der Waals surface area contributed by atoms with Gasteiger partial charge in [0.05, 0.1) is 5.69 Å². The summed E-state index contributed by atoms with van der Waals surface area (Å²) in [6, 6.07) is 15.9. The fraction of sp³-hybridized carbons (Fsp3) is 0.125. The summed E-state index contributed by atoms with van der Waals surface area (Å²) in [5.41, 5.74) is 3.71. The van der Waals surface area contributed by atoms with Crippen molar-refractivity contribution in [3.63, 3.8) is 0 Å². The first-order valence-corrected chi connectivity index (χ1v) is 9.73. The Morgan fingerprint density at radius 1 is 0.968 bits per heavy atom. The van der Waals surface area contributed by atoms with E-state index >= 15 is 0 Å². The Bertz CT molecular complexity index is 1210. The number of nitrogens with zero attached hydrogens (tertiary/aromatic N) is 2. The number of imide groups is 2. The molecule has 3 aromatic rings. The Kier molecular flexibility index (Phi) is 5.25. The highest BCUT2D eigenvalue weighted by Crippen LogP contribution is 2.24. The third-order valence-corrected chi connectivity index (χ3v) is 5.28. The van der Waals surface area contributed by atoms with Gasteiger partial charge in [-0.15, -0.1) is 0 Å². The first-order valence-electron chi connectivity index (χ1n) is 9.73. The third-order valence-electron chi connectivity index (χ3n) is 5.28.